The van der Waals surface area contributed by atoms with Crippen molar-refractivity contribution >= 4 is 17.9 Å². The molecule has 0 fully saturated rings. The minimum absolute atomic E-state index is 0.151. The lowest BCUT2D eigenvalue weighted by Crippen LogP contribution is -1.96. The van der Waals surface area contributed by atoms with Crippen LogP contribution in [-0.4, -0.2) is 18.5 Å². The first kappa shape index (κ1) is 10.9. The van der Waals surface area contributed by atoms with E-state index in [1.165, 1.54) is 7.11 Å². The fourth-order valence-electron chi connectivity index (χ4n) is 1.37. The maximum atomic E-state index is 10.7. The summed E-state index contributed by atoms with van der Waals surface area (Å²) in [7, 11) is 1.42. The lowest BCUT2D eigenvalue weighted by molar-refractivity contribution is 0.112. The molecule has 3 nitrogen and oxygen atoms in total. The molecular weight excluding hydrogens is 204 g/mol. The quantitative estimate of drug-likeness (QED) is 0.770. The molecule has 0 bridgehead atoms. The normalized spacial score (nSPS) is 10.0. The number of halogens is 1. The Bertz CT molecular complexity index is 386. The van der Waals surface area contributed by atoms with Crippen LogP contribution in [0.2, 0.25) is 5.02 Å². The predicted molar refractivity (Wildman–Crippen MR) is 54.5 cm³/mol. The van der Waals surface area contributed by atoms with E-state index in [1.54, 1.807) is 13.8 Å². The van der Waals surface area contributed by atoms with Gasteiger partial charge in [0, 0.05) is 5.56 Å². The van der Waals surface area contributed by atoms with Crippen molar-refractivity contribution in [3.8, 4) is 11.5 Å². The van der Waals surface area contributed by atoms with Gasteiger partial charge < -0.3 is 9.84 Å². The molecular formula is C10H11ClO3. The second-order valence-corrected chi connectivity index (χ2v) is 3.36. The van der Waals surface area contributed by atoms with Crippen LogP contribution in [-0.2, 0) is 0 Å². The van der Waals surface area contributed by atoms with Crippen LogP contribution in [0.1, 0.15) is 21.5 Å². The Balaban J connectivity index is 3.64. The van der Waals surface area contributed by atoms with E-state index in [9.17, 15) is 9.90 Å². The molecule has 1 aromatic rings. The summed E-state index contributed by atoms with van der Waals surface area (Å²) in [5, 5.41) is 10.1. The minimum Gasteiger partial charge on any atom is -0.504 e. The molecule has 0 saturated carbocycles. The number of phenolic OH excluding ortho intramolecular Hbond substituents is 1. The molecule has 1 aromatic carbocycles. The van der Waals surface area contributed by atoms with Gasteiger partial charge in [-0.2, -0.15) is 0 Å². The number of hydrogen-bond acceptors (Lipinski definition) is 3. The van der Waals surface area contributed by atoms with Crippen molar-refractivity contribution in [2.45, 2.75) is 13.8 Å². The van der Waals surface area contributed by atoms with E-state index >= 15 is 0 Å². The van der Waals surface area contributed by atoms with Gasteiger partial charge in [0.25, 0.3) is 0 Å². The van der Waals surface area contributed by atoms with Crippen LogP contribution in [0.4, 0.5) is 0 Å². The third-order valence-electron chi connectivity index (χ3n) is 2.20. The fraction of sp³-hybridized carbons (Fsp3) is 0.300. The molecule has 0 saturated heterocycles. The van der Waals surface area contributed by atoms with Crippen LogP contribution in [0.5, 0.6) is 11.5 Å². The number of rotatable bonds is 2. The van der Waals surface area contributed by atoms with Crippen LogP contribution in [0.25, 0.3) is 0 Å². The number of ether oxygens (including phenoxy) is 1. The lowest BCUT2D eigenvalue weighted by Gasteiger charge is -2.13. The summed E-state index contributed by atoms with van der Waals surface area (Å²) in [6, 6.07) is 0. The summed E-state index contributed by atoms with van der Waals surface area (Å²) >= 11 is 5.97. The zero-order valence-electron chi connectivity index (χ0n) is 8.22. The van der Waals surface area contributed by atoms with Gasteiger partial charge in [-0.05, 0) is 19.4 Å². The minimum atomic E-state index is -0.151. The van der Waals surface area contributed by atoms with Crippen LogP contribution < -0.4 is 4.74 Å². The Morgan fingerprint density at radius 3 is 2.36 bits per heavy atom. The highest BCUT2D eigenvalue weighted by Gasteiger charge is 2.18. The standard InChI is InChI=1S/C10H11ClO3/c1-5-7(4-12)9(13)10(14-3)6(2)8(5)11/h4,13H,1-3H3. The molecule has 0 aromatic heterocycles. The highest BCUT2D eigenvalue weighted by atomic mass is 35.5. The van der Waals surface area contributed by atoms with Crippen molar-refractivity contribution in [2.24, 2.45) is 0 Å². The van der Waals surface area contributed by atoms with Crippen LogP contribution >= 0.6 is 11.6 Å². The van der Waals surface area contributed by atoms with Gasteiger partial charge in [0.1, 0.15) is 0 Å². The molecule has 0 radical (unpaired) electrons. The lowest BCUT2D eigenvalue weighted by atomic mass is 10.0. The second-order valence-electron chi connectivity index (χ2n) is 2.98. The van der Waals surface area contributed by atoms with Crippen LogP contribution in [0.15, 0.2) is 0 Å². The molecule has 0 aliphatic rings. The SMILES string of the molecule is COc1c(C)c(Cl)c(C)c(C=O)c1O. The van der Waals surface area contributed by atoms with Crippen molar-refractivity contribution in [3.63, 3.8) is 0 Å². The average Bonchev–Trinajstić information content (AvgIpc) is 2.16. The predicted octanol–water partition coefficient (Wildman–Crippen LogP) is 2.48. The topological polar surface area (TPSA) is 46.5 Å². The largest absolute Gasteiger partial charge is 0.504 e. The van der Waals surface area contributed by atoms with E-state index in [0.29, 0.717) is 22.4 Å². The summed E-state index contributed by atoms with van der Waals surface area (Å²) in [4.78, 5) is 10.7. The van der Waals surface area contributed by atoms with E-state index < -0.39 is 0 Å². The number of benzene rings is 1. The molecule has 0 amide bonds. The molecule has 1 rings (SSSR count). The Hall–Kier alpha value is -1.22. The third-order valence-corrected chi connectivity index (χ3v) is 2.76. The Kier molecular flexibility index (Phi) is 3.01. The van der Waals surface area contributed by atoms with Gasteiger partial charge in [0.15, 0.2) is 17.8 Å². The van der Waals surface area contributed by atoms with E-state index in [2.05, 4.69) is 0 Å². The van der Waals surface area contributed by atoms with Crippen molar-refractivity contribution < 1.29 is 14.6 Å². The highest BCUT2D eigenvalue weighted by molar-refractivity contribution is 6.32. The molecule has 14 heavy (non-hydrogen) atoms. The molecule has 0 spiro atoms. The molecule has 76 valence electrons. The first-order chi connectivity index (χ1) is 6.54. The van der Waals surface area contributed by atoms with E-state index in [4.69, 9.17) is 16.3 Å². The number of carbonyl (C=O) groups is 1. The number of hydrogen-bond donors (Lipinski definition) is 1. The third kappa shape index (κ3) is 1.44. The fourth-order valence-corrected chi connectivity index (χ4v) is 1.56. The zero-order chi connectivity index (χ0) is 10.9. The Labute approximate surface area is 87.3 Å². The molecule has 0 aliphatic carbocycles. The van der Waals surface area contributed by atoms with Crippen molar-refractivity contribution in [1.29, 1.82) is 0 Å². The Morgan fingerprint density at radius 1 is 1.36 bits per heavy atom. The molecule has 0 unspecified atom stereocenters. The number of methoxy groups -OCH3 is 1. The van der Waals surface area contributed by atoms with Gasteiger partial charge in [0.2, 0.25) is 0 Å². The number of phenols is 1. The number of carbonyl (C=O) groups excluding carboxylic acids is 1. The second kappa shape index (κ2) is 3.88. The number of aldehydes is 1. The van der Waals surface area contributed by atoms with E-state index in [1.807, 2.05) is 0 Å². The molecule has 0 atom stereocenters. The van der Waals surface area contributed by atoms with Gasteiger partial charge >= 0.3 is 0 Å². The van der Waals surface area contributed by atoms with Crippen molar-refractivity contribution in [2.75, 3.05) is 7.11 Å². The average molecular weight is 215 g/mol. The van der Waals surface area contributed by atoms with Gasteiger partial charge in [-0.15, -0.1) is 0 Å². The smallest absolute Gasteiger partial charge is 0.169 e. The summed E-state index contributed by atoms with van der Waals surface area (Å²) < 4.78 is 4.96. The Morgan fingerprint density at radius 2 is 1.93 bits per heavy atom. The molecule has 4 heteroatoms. The molecule has 0 heterocycles. The summed E-state index contributed by atoms with van der Waals surface area (Å²) in [6.07, 6.45) is 0.568. The van der Waals surface area contributed by atoms with Gasteiger partial charge in [0.05, 0.1) is 17.7 Å². The van der Waals surface area contributed by atoms with Crippen molar-refractivity contribution in [1.82, 2.24) is 0 Å². The number of aromatic hydroxyl groups is 1. The zero-order valence-corrected chi connectivity index (χ0v) is 8.97. The van der Waals surface area contributed by atoms with Gasteiger partial charge in [-0.3, -0.25) is 4.79 Å². The monoisotopic (exact) mass is 214 g/mol. The molecule has 1 N–H and O–H groups in total. The van der Waals surface area contributed by atoms with Crippen LogP contribution in [0, 0.1) is 13.8 Å². The first-order valence-electron chi connectivity index (χ1n) is 4.05. The van der Waals surface area contributed by atoms with Crippen molar-refractivity contribution in [3.05, 3.63) is 21.7 Å². The summed E-state index contributed by atoms with van der Waals surface area (Å²) in [6.45, 7) is 3.40. The summed E-state index contributed by atoms with van der Waals surface area (Å²) in [5.74, 6) is 0.101. The van der Waals surface area contributed by atoms with E-state index in [0.717, 1.165) is 0 Å². The molecule has 0 aliphatic heterocycles. The highest BCUT2D eigenvalue weighted by Crippen LogP contribution is 2.39. The summed E-state index contributed by atoms with van der Waals surface area (Å²) in [5.41, 5.74) is 1.38. The van der Waals surface area contributed by atoms with Crippen LogP contribution in [0.3, 0.4) is 0 Å². The first-order valence-corrected chi connectivity index (χ1v) is 4.43. The maximum absolute atomic E-state index is 10.7. The van der Waals surface area contributed by atoms with E-state index in [-0.39, 0.29) is 17.1 Å². The van der Waals surface area contributed by atoms with Gasteiger partial charge in [-0.25, -0.2) is 0 Å². The maximum Gasteiger partial charge on any atom is 0.169 e. The van der Waals surface area contributed by atoms with Gasteiger partial charge in [-0.1, -0.05) is 11.6 Å².